The van der Waals surface area contributed by atoms with Crippen LogP contribution in [0.2, 0.25) is 0 Å². The minimum atomic E-state index is -0.742. The van der Waals surface area contributed by atoms with Crippen molar-refractivity contribution in [2.75, 3.05) is 13.2 Å². The molecule has 1 saturated heterocycles. The largest absolute Gasteiger partial charge is 0.396 e. The highest BCUT2D eigenvalue weighted by molar-refractivity contribution is 5.85. The fraction of sp³-hybridized carbons (Fsp3) is 0.929. The van der Waals surface area contributed by atoms with Crippen molar-refractivity contribution in [2.24, 2.45) is 5.92 Å². The zero-order chi connectivity index (χ0) is 13.0. The van der Waals surface area contributed by atoms with Crippen LogP contribution in [0.3, 0.4) is 0 Å². The van der Waals surface area contributed by atoms with E-state index in [1.54, 1.807) is 0 Å². The number of carbonyl (C=O) groups excluding carboxylic acids is 1. The lowest BCUT2D eigenvalue weighted by Gasteiger charge is -2.41. The van der Waals surface area contributed by atoms with Crippen molar-refractivity contribution in [1.82, 2.24) is 5.32 Å². The summed E-state index contributed by atoms with van der Waals surface area (Å²) in [6, 6.07) is 0.194. The first-order valence-electron chi connectivity index (χ1n) is 7.21. The fourth-order valence-electron chi connectivity index (χ4n) is 3.09. The van der Waals surface area contributed by atoms with E-state index >= 15 is 0 Å². The normalized spacial score (nSPS) is 34.3. The van der Waals surface area contributed by atoms with Crippen molar-refractivity contribution in [3.8, 4) is 0 Å². The number of nitrogens with one attached hydrogen (secondary N) is 1. The molecule has 1 unspecified atom stereocenters. The highest BCUT2D eigenvalue weighted by Gasteiger charge is 2.41. The Morgan fingerprint density at radius 1 is 1.39 bits per heavy atom. The molecule has 104 valence electrons. The summed E-state index contributed by atoms with van der Waals surface area (Å²) in [5.74, 6) is 0.586. The minimum Gasteiger partial charge on any atom is -0.396 e. The monoisotopic (exact) mass is 255 g/mol. The fourth-order valence-corrected chi connectivity index (χ4v) is 3.09. The maximum atomic E-state index is 12.2. The quantitative estimate of drug-likeness (QED) is 0.802. The lowest BCUT2D eigenvalue weighted by molar-refractivity contribution is -0.160. The van der Waals surface area contributed by atoms with Crippen LogP contribution >= 0.6 is 0 Å². The van der Waals surface area contributed by atoms with Crippen molar-refractivity contribution in [1.29, 1.82) is 0 Å². The number of aliphatic hydroxyl groups excluding tert-OH is 1. The molecule has 0 spiro atoms. The summed E-state index contributed by atoms with van der Waals surface area (Å²) in [7, 11) is 0. The van der Waals surface area contributed by atoms with E-state index in [2.05, 4.69) is 5.32 Å². The van der Waals surface area contributed by atoms with Gasteiger partial charge >= 0.3 is 0 Å². The molecule has 4 heteroatoms. The topological polar surface area (TPSA) is 58.6 Å². The summed E-state index contributed by atoms with van der Waals surface area (Å²) in [5.41, 5.74) is -0.742. The number of carbonyl (C=O) groups is 1. The van der Waals surface area contributed by atoms with Crippen LogP contribution in [0.1, 0.15) is 51.9 Å². The van der Waals surface area contributed by atoms with E-state index in [0.717, 1.165) is 0 Å². The predicted octanol–water partition coefficient (Wildman–Crippen LogP) is 1.61. The molecule has 2 rings (SSSR count). The van der Waals surface area contributed by atoms with Gasteiger partial charge in [-0.05, 0) is 38.5 Å². The molecule has 0 radical (unpaired) electrons. The van der Waals surface area contributed by atoms with Gasteiger partial charge in [0.05, 0.1) is 12.6 Å². The Hall–Kier alpha value is -0.610. The van der Waals surface area contributed by atoms with Gasteiger partial charge in [0.2, 0.25) is 0 Å². The highest BCUT2D eigenvalue weighted by atomic mass is 16.5. The third kappa shape index (κ3) is 3.04. The maximum absolute atomic E-state index is 12.2. The average Bonchev–Trinajstić information content (AvgIpc) is 2.41. The lowest BCUT2D eigenvalue weighted by atomic mass is 9.82. The van der Waals surface area contributed by atoms with Gasteiger partial charge in [0.25, 0.3) is 5.91 Å². The van der Waals surface area contributed by atoms with Crippen LogP contribution in [0.25, 0.3) is 0 Å². The Morgan fingerprint density at radius 3 is 2.72 bits per heavy atom. The molecule has 4 nitrogen and oxygen atoms in total. The van der Waals surface area contributed by atoms with E-state index in [9.17, 15) is 4.79 Å². The Balaban J connectivity index is 1.88. The van der Waals surface area contributed by atoms with Crippen LogP contribution < -0.4 is 5.32 Å². The van der Waals surface area contributed by atoms with E-state index in [0.29, 0.717) is 25.4 Å². The molecule has 1 amide bonds. The molecule has 1 saturated carbocycles. The van der Waals surface area contributed by atoms with E-state index < -0.39 is 5.60 Å². The van der Waals surface area contributed by atoms with Crippen LogP contribution in [0.15, 0.2) is 0 Å². The first-order chi connectivity index (χ1) is 8.65. The molecule has 2 aliphatic rings. The number of aliphatic hydroxyl groups is 1. The first kappa shape index (κ1) is 13.8. The van der Waals surface area contributed by atoms with Crippen LogP contribution in [-0.4, -0.2) is 35.9 Å². The number of hydrogen-bond acceptors (Lipinski definition) is 3. The molecule has 0 aromatic heterocycles. The van der Waals surface area contributed by atoms with E-state index in [-0.39, 0.29) is 18.6 Å². The third-order valence-electron chi connectivity index (χ3n) is 4.41. The van der Waals surface area contributed by atoms with E-state index in [1.807, 2.05) is 6.92 Å². The molecule has 18 heavy (non-hydrogen) atoms. The Labute approximate surface area is 109 Å². The van der Waals surface area contributed by atoms with Gasteiger partial charge in [-0.15, -0.1) is 0 Å². The lowest BCUT2D eigenvalue weighted by Crippen LogP contribution is -2.59. The molecule has 1 aliphatic carbocycles. The zero-order valence-corrected chi connectivity index (χ0v) is 11.3. The summed E-state index contributed by atoms with van der Waals surface area (Å²) in [6.45, 7) is 2.56. The Bertz CT molecular complexity index is 289. The Kier molecular flexibility index (Phi) is 4.62. The van der Waals surface area contributed by atoms with E-state index in [1.165, 1.54) is 32.1 Å². The number of morpholine rings is 1. The van der Waals surface area contributed by atoms with E-state index in [4.69, 9.17) is 9.84 Å². The smallest absolute Gasteiger partial charge is 0.252 e. The minimum absolute atomic E-state index is 0.00206. The van der Waals surface area contributed by atoms with Crippen molar-refractivity contribution in [3.63, 3.8) is 0 Å². The van der Waals surface area contributed by atoms with Gasteiger partial charge in [-0.2, -0.15) is 0 Å². The van der Waals surface area contributed by atoms with Gasteiger partial charge in [0, 0.05) is 6.61 Å². The van der Waals surface area contributed by atoms with Gasteiger partial charge in [-0.1, -0.05) is 19.3 Å². The van der Waals surface area contributed by atoms with Crippen molar-refractivity contribution < 1.29 is 14.6 Å². The summed E-state index contributed by atoms with van der Waals surface area (Å²) < 4.78 is 5.82. The van der Waals surface area contributed by atoms with Crippen LogP contribution in [0, 0.1) is 5.92 Å². The summed E-state index contributed by atoms with van der Waals surface area (Å²) in [4.78, 5) is 12.2. The summed E-state index contributed by atoms with van der Waals surface area (Å²) >= 11 is 0. The second kappa shape index (κ2) is 6.02. The van der Waals surface area contributed by atoms with Crippen molar-refractivity contribution >= 4 is 5.91 Å². The predicted molar refractivity (Wildman–Crippen MR) is 69.2 cm³/mol. The van der Waals surface area contributed by atoms with Crippen molar-refractivity contribution in [2.45, 2.75) is 63.5 Å². The second-order valence-electron chi connectivity index (χ2n) is 5.85. The first-order valence-corrected chi connectivity index (χ1v) is 7.21. The van der Waals surface area contributed by atoms with Crippen LogP contribution in [0.5, 0.6) is 0 Å². The number of amides is 1. The van der Waals surface area contributed by atoms with Gasteiger partial charge in [0.15, 0.2) is 0 Å². The molecule has 0 aromatic carbocycles. The number of ether oxygens (including phenoxy) is 1. The highest BCUT2D eigenvalue weighted by Crippen LogP contribution is 2.30. The van der Waals surface area contributed by atoms with Gasteiger partial charge in [-0.3, -0.25) is 4.79 Å². The molecule has 0 aromatic rings. The molecular weight excluding hydrogens is 230 g/mol. The standard InChI is InChI=1S/C14H25NO3/c1-14(8-5-9-16)13(17)15-12(10-18-14)11-6-3-2-4-7-11/h11-12,16H,2-10H2,1H3,(H,15,17)/t12?,14-/m1/s1. The average molecular weight is 255 g/mol. The molecular formula is C14H25NO3. The number of rotatable bonds is 4. The molecule has 1 heterocycles. The molecule has 2 N–H and O–H groups in total. The Morgan fingerprint density at radius 2 is 2.11 bits per heavy atom. The second-order valence-corrected chi connectivity index (χ2v) is 5.85. The molecule has 2 fully saturated rings. The van der Waals surface area contributed by atoms with Crippen LogP contribution in [-0.2, 0) is 9.53 Å². The SMILES string of the molecule is C[C@]1(CCCO)OCC(C2CCCCC2)NC1=O. The molecule has 1 aliphatic heterocycles. The molecule has 2 atom stereocenters. The van der Waals surface area contributed by atoms with Crippen LogP contribution in [0.4, 0.5) is 0 Å². The molecule has 0 bridgehead atoms. The van der Waals surface area contributed by atoms with Gasteiger partial charge < -0.3 is 15.2 Å². The third-order valence-corrected chi connectivity index (χ3v) is 4.41. The van der Waals surface area contributed by atoms with Gasteiger partial charge in [-0.25, -0.2) is 0 Å². The van der Waals surface area contributed by atoms with Crippen molar-refractivity contribution in [3.05, 3.63) is 0 Å². The number of hydrogen-bond donors (Lipinski definition) is 2. The maximum Gasteiger partial charge on any atom is 0.252 e. The summed E-state index contributed by atoms with van der Waals surface area (Å²) in [5, 5.41) is 12.0. The zero-order valence-electron chi connectivity index (χ0n) is 11.3. The van der Waals surface area contributed by atoms with Gasteiger partial charge in [0.1, 0.15) is 5.60 Å². The summed E-state index contributed by atoms with van der Waals surface area (Å²) in [6.07, 6.45) is 7.50.